The molecule has 0 saturated heterocycles. The van der Waals surface area contributed by atoms with E-state index >= 15 is 0 Å². The maximum absolute atomic E-state index is 5.97. The normalized spacial score (nSPS) is 10.4. The zero-order chi connectivity index (χ0) is 11.5. The predicted molar refractivity (Wildman–Crippen MR) is 70.6 cm³/mol. The van der Waals surface area contributed by atoms with E-state index in [0.717, 1.165) is 16.3 Å². The molecule has 1 N–H and O–H groups in total. The van der Waals surface area contributed by atoms with Crippen LogP contribution >= 0.6 is 34.5 Å². The molecule has 0 amide bonds. The van der Waals surface area contributed by atoms with Crippen molar-refractivity contribution in [1.82, 2.24) is 4.98 Å². The fourth-order valence-corrected chi connectivity index (χ4v) is 2.49. The summed E-state index contributed by atoms with van der Waals surface area (Å²) in [6.45, 7) is 2.69. The number of nitrogens with one attached hydrogen (secondary N) is 1. The second-order valence-corrected chi connectivity index (χ2v) is 5.23. The molecule has 0 fully saturated rings. The minimum atomic E-state index is 0.494. The van der Waals surface area contributed by atoms with E-state index in [1.165, 1.54) is 4.88 Å². The fourth-order valence-electron chi connectivity index (χ4n) is 1.31. The molecular formula is C11H10Cl2N2S. The van der Waals surface area contributed by atoms with Gasteiger partial charge >= 0.3 is 0 Å². The Morgan fingerprint density at radius 2 is 2.19 bits per heavy atom. The highest BCUT2D eigenvalue weighted by Crippen LogP contribution is 2.23. The van der Waals surface area contributed by atoms with Crippen molar-refractivity contribution in [2.45, 2.75) is 13.5 Å². The van der Waals surface area contributed by atoms with Gasteiger partial charge in [0.2, 0.25) is 0 Å². The summed E-state index contributed by atoms with van der Waals surface area (Å²) in [7, 11) is 0. The van der Waals surface area contributed by atoms with E-state index < -0.39 is 0 Å². The molecule has 0 aromatic carbocycles. The van der Waals surface area contributed by atoms with Crippen molar-refractivity contribution in [3.8, 4) is 0 Å². The first-order valence-electron chi connectivity index (χ1n) is 4.74. The second-order valence-electron chi connectivity index (χ2n) is 3.44. The lowest BCUT2D eigenvalue weighted by Gasteiger charge is -2.06. The van der Waals surface area contributed by atoms with Crippen molar-refractivity contribution in [2.75, 3.05) is 5.32 Å². The Morgan fingerprint density at radius 3 is 2.88 bits per heavy atom. The van der Waals surface area contributed by atoms with E-state index in [1.54, 1.807) is 17.5 Å². The summed E-state index contributed by atoms with van der Waals surface area (Å²) >= 11 is 13.4. The summed E-state index contributed by atoms with van der Waals surface area (Å²) in [5, 5.41) is 6.42. The highest BCUT2D eigenvalue weighted by Gasteiger charge is 2.03. The Balaban J connectivity index is 2.07. The highest BCUT2D eigenvalue weighted by molar-refractivity contribution is 7.10. The van der Waals surface area contributed by atoms with Crippen molar-refractivity contribution < 1.29 is 0 Å². The van der Waals surface area contributed by atoms with Gasteiger partial charge in [0, 0.05) is 23.0 Å². The third-order valence-electron chi connectivity index (χ3n) is 2.05. The number of nitrogens with zero attached hydrogens (tertiary/aromatic N) is 1. The molecule has 0 saturated carbocycles. The number of aromatic nitrogens is 1. The first-order chi connectivity index (χ1) is 7.65. The summed E-state index contributed by atoms with van der Waals surface area (Å²) in [5.41, 5.74) is 1.93. The monoisotopic (exact) mass is 272 g/mol. The van der Waals surface area contributed by atoms with Gasteiger partial charge in [-0.2, -0.15) is 0 Å². The highest BCUT2D eigenvalue weighted by atomic mass is 35.5. The smallest absolute Gasteiger partial charge is 0.152 e. The number of halogens is 2. The van der Waals surface area contributed by atoms with Gasteiger partial charge in [0.1, 0.15) is 0 Å². The van der Waals surface area contributed by atoms with E-state index in [9.17, 15) is 0 Å². The molecule has 0 bridgehead atoms. The molecule has 16 heavy (non-hydrogen) atoms. The Hall–Kier alpha value is -0.770. The SMILES string of the molecule is Cc1cnc(Cl)c(NCc2cc(Cl)cs2)c1. The van der Waals surface area contributed by atoms with Crippen molar-refractivity contribution in [3.63, 3.8) is 0 Å². The summed E-state index contributed by atoms with van der Waals surface area (Å²) in [6, 6.07) is 3.92. The molecule has 0 aliphatic carbocycles. The van der Waals surface area contributed by atoms with E-state index in [2.05, 4.69) is 10.3 Å². The third-order valence-corrected chi connectivity index (χ3v) is 3.64. The Labute approximate surface area is 108 Å². The molecule has 2 nitrogen and oxygen atoms in total. The van der Waals surface area contributed by atoms with Crippen molar-refractivity contribution in [2.24, 2.45) is 0 Å². The largest absolute Gasteiger partial charge is 0.378 e. The molecule has 0 aliphatic heterocycles. The van der Waals surface area contributed by atoms with Gasteiger partial charge in [0.25, 0.3) is 0 Å². The third kappa shape index (κ3) is 2.88. The summed E-state index contributed by atoms with van der Waals surface area (Å²) < 4.78 is 0. The molecule has 2 rings (SSSR count). The van der Waals surface area contributed by atoms with Crippen LogP contribution in [0.15, 0.2) is 23.7 Å². The molecule has 0 aliphatic rings. The van der Waals surface area contributed by atoms with Crippen molar-refractivity contribution in [1.29, 1.82) is 0 Å². The van der Waals surface area contributed by atoms with E-state index in [4.69, 9.17) is 23.2 Å². The average Bonchev–Trinajstić information content (AvgIpc) is 2.66. The van der Waals surface area contributed by atoms with Crippen LogP contribution in [-0.4, -0.2) is 4.98 Å². The van der Waals surface area contributed by atoms with Crippen LogP contribution in [0.1, 0.15) is 10.4 Å². The average molecular weight is 273 g/mol. The summed E-state index contributed by atoms with van der Waals surface area (Å²) in [6.07, 6.45) is 1.75. The van der Waals surface area contributed by atoms with Crippen molar-refractivity contribution >= 4 is 40.2 Å². The second kappa shape index (κ2) is 5.04. The number of hydrogen-bond donors (Lipinski definition) is 1. The molecule has 84 valence electrons. The summed E-state index contributed by atoms with van der Waals surface area (Å²) in [5.74, 6) is 0. The molecule has 2 heterocycles. The first kappa shape index (κ1) is 11.7. The van der Waals surface area contributed by atoms with E-state index in [1.807, 2.05) is 24.4 Å². The van der Waals surface area contributed by atoms with Gasteiger partial charge in [-0.15, -0.1) is 11.3 Å². The van der Waals surface area contributed by atoms with Crippen LogP contribution in [0.4, 0.5) is 5.69 Å². The molecule has 0 radical (unpaired) electrons. The first-order valence-corrected chi connectivity index (χ1v) is 6.37. The number of rotatable bonds is 3. The number of aryl methyl sites for hydroxylation is 1. The van der Waals surface area contributed by atoms with Gasteiger partial charge in [-0.05, 0) is 24.6 Å². The van der Waals surface area contributed by atoms with Crippen molar-refractivity contribution in [3.05, 3.63) is 44.3 Å². The van der Waals surface area contributed by atoms with Gasteiger partial charge < -0.3 is 5.32 Å². The lowest BCUT2D eigenvalue weighted by atomic mass is 10.3. The van der Waals surface area contributed by atoms with Crippen LogP contribution in [0.25, 0.3) is 0 Å². The molecule has 0 atom stereocenters. The maximum Gasteiger partial charge on any atom is 0.152 e. The minimum absolute atomic E-state index is 0.494. The van der Waals surface area contributed by atoms with Crippen LogP contribution in [-0.2, 0) is 6.54 Å². The number of pyridine rings is 1. The zero-order valence-corrected chi connectivity index (χ0v) is 11.0. The van der Waals surface area contributed by atoms with E-state index in [0.29, 0.717) is 11.7 Å². The Kier molecular flexibility index (Phi) is 3.69. The molecular weight excluding hydrogens is 263 g/mol. The maximum atomic E-state index is 5.97. The molecule has 5 heteroatoms. The van der Waals surface area contributed by atoms with Gasteiger partial charge in [-0.25, -0.2) is 4.98 Å². The topological polar surface area (TPSA) is 24.9 Å². The standard InChI is InChI=1S/C11H10Cl2N2S/c1-7-2-10(11(13)15-4-7)14-5-9-3-8(12)6-16-9/h2-4,6,14H,5H2,1H3. The lowest BCUT2D eigenvalue weighted by Crippen LogP contribution is -1.99. The number of hydrogen-bond acceptors (Lipinski definition) is 3. The Bertz CT molecular complexity index is 496. The quantitative estimate of drug-likeness (QED) is 0.840. The van der Waals surface area contributed by atoms with Crippen LogP contribution < -0.4 is 5.32 Å². The van der Waals surface area contributed by atoms with Crippen LogP contribution in [0.3, 0.4) is 0 Å². The van der Waals surface area contributed by atoms with Gasteiger partial charge in [0.05, 0.1) is 10.7 Å². The molecule has 2 aromatic heterocycles. The number of thiophene rings is 1. The number of anilines is 1. The lowest BCUT2D eigenvalue weighted by molar-refractivity contribution is 1.16. The minimum Gasteiger partial charge on any atom is -0.378 e. The van der Waals surface area contributed by atoms with E-state index in [-0.39, 0.29) is 0 Å². The molecule has 2 aromatic rings. The predicted octanol–water partition coefficient (Wildman–Crippen LogP) is 4.37. The van der Waals surface area contributed by atoms with Gasteiger partial charge in [-0.3, -0.25) is 0 Å². The van der Waals surface area contributed by atoms with Gasteiger partial charge in [0.15, 0.2) is 5.15 Å². The zero-order valence-electron chi connectivity index (χ0n) is 8.63. The van der Waals surface area contributed by atoms with Crippen LogP contribution in [0.5, 0.6) is 0 Å². The van der Waals surface area contributed by atoms with Crippen LogP contribution in [0, 0.1) is 6.92 Å². The van der Waals surface area contributed by atoms with Gasteiger partial charge in [-0.1, -0.05) is 23.2 Å². The fraction of sp³-hybridized carbons (Fsp3) is 0.182. The molecule has 0 unspecified atom stereocenters. The molecule has 0 spiro atoms. The Morgan fingerprint density at radius 1 is 1.38 bits per heavy atom. The summed E-state index contributed by atoms with van der Waals surface area (Å²) in [4.78, 5) is 5.25. The van der Waals surface area contributed by atoms with Crippen LogP contribution in [0.2, 0.25) is 10.2 Å².